The number of fused-ring (bicyclic) bond motifs is 10. The molecule has 8 atom stereocenters. The van der Waals surface area contributed by atoms with Crippen molar-refractivity contribution in [1.29, 1.82) is 0 Å². The molecule has 12 aromatic carbocycles. The molecule has 22 aromatic rings. The molecule has 10 nitrogen and oxygen atoms in total. The molecule has 0 aliphatic heterocycles. The Hall–Kier alpha value is -15.6. The Morgan fingerprint density at radius 2 is 0.693 bits per heavy atom. The maximum absolute atomic E-state index is 6.46. The first kappa shape index (κ1) is 81.6. The van der Waals surface area contributed by atoms with E-state index in [1.807, 2.05) is 25.3 Å². The largest absolute Gasteiger partial charge is 0.437 e. The van der Waals surface area contributed by atoms with E-state index >= 15 is 0 Å². The van der Waals surface area contributed by atoms with Gasteiger partial charge in [0.15, 0.2) is 23.6 Å². The summed E-state index contributed by atoms with van der Waals surface area (Å²) in [6, 6.07) is 92.7. The third kappa shape index (κ3) is 11.5. The Labute approximate surface area is 818 Å². The SMILES string of the molecule is Cc1ccc2c(n1)oc1c(-c3cnc4c([n+]3C)C3c5ccccc5C4c4cc5cscc5cc43)c(C)ccc12.Cc1ccc2c(oc3ncccc32)c1-c1cnc2c([n+]1C)C1c3ccccc3C2c2cc3cscc3cc21.Cc1ccccc1-c1c2c(c(C)c[n+]1C)C1c3ccccc3C2c2cc3c(cc21)=CCC=3.Cc1ccccc1-c1c2c(cc[n+]1C)C1c3ccccc3C2c2cc3c(cc21)=CCC=3. The van der Waals surface area contributed by atoms with Crippen LogP contribution in [0.1, 0.15) is 228 Å². The summed E-state index contributed by atoms with van der Waals surface area (Å²) in [5, 5.41) is 24.2. The molecule has 8 bridgehead atoms. The summed E-state index contributed by atoms with van der Waals surface area (Å²) >= 11 is 3.55. The lowest BCUT2D eigenvalue weighted by atomic mass is 9.59. The van der Waals surface area contributed by atoms with E-state index in [-0.39, 0.29) is 35.5 Å². The molecule has 12 heteroatoms. The van der Waals surface area contributed by atoms with Crippen LogP contribution in [0.3, 0.4) is 0 Å². The van der Waals surface area contributed by atoms with Crippen LogP contribution in [-0.2, 0) is 28.2 Å². The average molecular weight is 1840 g/mol. The highest BCUT2D eigenvalue weighted by atomic mass is 32.1. The molecule has 10 aromatic heterocycles. The zero-order valence-corrected chi connectivity index (χ0v) is 81.1. The summed E-state index contributed by atoms with van der Waals surface area (Å²) in [4.78, 5) is 19.6. The maximum atomic E-state index is 6.46. The van der Waals surface area contributed by atoms with E-state index in [1.54, 1.807) is 28.9 Å². The van der Waals surface area contributed by atoms with Gasteiger partial charge in [0.2, 0.25) is 45.6 Å². The molecule has 14 aliphatic carbocycles. The second-order valence-corrected chi connectivity index (χ2v) is 41.9. The van der Waals surface area contributed by atoms with E-state index in [0.29, 0.717) is 23.3 Å². The van der Waals surface area contributed by atoms with Crippen LogP contribution in [0.2, 0.25) is 0 Å². The van der Waals surface area contributed by atoms with Crippen LogP contribution in [0.4, 0.5) is 0 Å². The fraction of sp³-hybridized carbons (Fsp3) is 0.156. The van der Waals surface area contributed by atoms with Crippen LogP contribution in [0, 0.1) is 41.5 Å². The van der Waals surface area contributed by atoms with Gasteiger partial charge in [-0.15, -0.1) is 0 Å². The third-order valence-electron chi connectivity index (χ3n) is 33.0. The van der Waals surface area contributed by atoms with Crippen molar-refractivity contribution in [3.05, 3.63) is 490 Å². The number of aryl methyl sites for hydroxylation is 8. The number of hydrogen-bond donors (Lipinski definition) is 0. The van der Waals surface area contributed by atoms with Crippen LogP contribution in [0.25, 0.3) is 135 Å². The minimum atomic E-state index is 0.135. The number of nitrogens with zero attached hydrogens (tertiary/aromatic N) is 8. The van der Waals surface area contributed by atoms with Crippen LogP contribution in [0.15, 0.2) is 310 Å². The van der Waals surface area contributed by atoms with Gasteiger partial charge in [0.1, 0.15) is 39.6 Å². The molecule has 0 radical (unpaired) electrons. The predicted molar refractivity (Wildman–Crippen MR) is 562 cm³/mol. The highest BCUT2D eigenvalue weighted by Crippen LogP contribution is 2.62. The molecule has 10 heterocycles. The van der Waals surface area contributed by atoms with E-state index in [9.17, 15) is 0 Å². The van der Waals surface area contributed by atoms with Crippen molar-refractivity contribution >= 4 is 113 Å². The highest BCUT2D eigenvalue weighted by Gasteiger charge is 2.53. The Bertz CT molecular complexity index is 9640. The second kappa shape index (κ2) is 30.5. The molecule has 668 valence electrons. The molecule has 0 amide bonds. The van der Waals surface area contributed by atoms with Crippen molar-refractivity contribution in [2.24, 2.45) is 28.2 Å². The fourth-order valence-electron chi connectivity index (χ4n) is 27.0. The monoisotopic (exact) mass is 1840 g/mol. The Morgan fingerprint density at radius 1 is 0.307 bits per heavy atom. The molecule has 8 unspecified atom stereocenters. The molecule has 36 rings (SSSR count). The van der Waals surface area contributed by atoms with Gasteiger partial charge in [0, 0.05) is 91.0 Å². The normalized spacial score (nSPS) is 18.0. The first-order valence-electron chi connectivity index (χ1n) is 49.2. The zero-order valence-electron chi connectivity index (χ0n) is 79.4. The van der Waals surface area contributed by atoms with Gasteiger partial charge in [-0.05, 0) is 301 Å². The van der Waals surface area contributed by atoms with Crippen molar-refractivity contribution < 1.29 is 27.1 Å². The minimum absolute atomic E-state index is 0.135. The molecule has 0 saturated heterocycles. The van der Waals surface area contributed by atoms with Crippen LogP contribution < -0.4 is 39.1 Å². The van der Waals surface area contributed by atoms with Crippen molar-refractivity contribution in [3.63, 3.8) is 0 Å². The number of pyridine rings is 4. The molecule has 140 heavy (non-hydrogen) atoms. The van der Waals surface area contributed by atoms with Crippen LogP contribution >= 0.6 is 22.7 Å². The number of benzene rings is 12. The number of thiophene rings is 2. The van der Waals surface area contributed by atoms with Gasteiger partial charge in [-0.3, -0.25) is 0 Å². The first-order chi connectivity index (χ1) is 68.6. The van der Waals surface area contributed by atoms with Crippen LogP contribution in [-0.4, -0.2) is 19.9 Å². The van der Waals surface area contributed by atoms with Crippen molar-refractivity contribution in [2.45, 2.75) is 102 Å². The van der Waals surface area contributed by atoms with Gasteiger partial charge in [0.05, 0.1) is 47.2 Å². The predicted octanol–water partition coefficient (Wildman–Crippen LogP) is 24.2. The van der Waals surface area contributed by atoms with Gasteiger partial charge in [-0.25, -0.2) is 29.1 Å². The van der Waals surface area contributed by atoms with E-state index in [2.05, 4.69) is 392 Å². The molecule has 0 fully saturated rings. The molecule has 0 saturated carbocycles. The van der Waals surface area contributed by atoms with E-state index in [4.69, 9.17) is 18.8 Å². The fourth-order valence-corrected chi connectivity index (χ4v) is 28.5. The third-order valence-corrected chi connectivity index (χ3v) is 34.6. The molecule has 0 spiro atoms. The standard InChI is InChI=1S/C34H24N3OS.C33H22N3OS.C31H26N.C30H24N/c1-17-8-10-23-24-11-9-18(2)36-34(24)38-33(23)28(17)27-14-35-31-29-21-6-4-5-7-22(21)30(32(31)37(27)3)26-13-20-16-39-15-19(20)12-25(26)29;1-17-9-10-22-23-8-5-11-34-33(23)37-32(22)27(17)26-14-35-30-28-20-6-3-4-7-21(20)29(31(30)36(26)2)25-13-19-16-38-15-18(19)12-24(25)28;1-18-9-4-5-12-22(18)31-30-27(19(2)17-32(31)3)28-23-13-6-7-14-24(23)29(30)26-16-21-11-8-10-20(21)15-25(26)28;1-18-8-3-4-11-21(18)30-29-24(14-15-31(30)2)27-22-12-5-6-13-23(22)28(29)26-17-20-10-7-9-19(20)16-25(26)27/h4-16,29-30H,1-3H3;3-16,28-29H,1-2H3;4-7,9-17,28-29H,8H2,1-3H3;3-6,8-17,27-28H,7H2,1-2H3/q4*+1. The summed E-state index contributed by atoms with van der Waals surface area (Å²) in [5.74, 6) is 1.74. The lowest BCUT2D eigenvalue weighted by Crippen LogP contribution is -2.45. The summed E-state index contributed by atoms with van der Waals surface area (Å²) < 4.78 is 22.3. The average Bonchev–Trinajstić information content (AvgIpc) is 0.909. The first-order valence-corrected chi connectivity index (χ1v) is 51.1. The maximum Gasteiger partial charge on any atom is 0.235 e. The lowest BCUT2D eigenvalue weighted by molar-refractivity contribution is -0.670. The van der Waals surface area contributed by atoms with Gasteiger partial charge < -0.3 is 8.83 Å². The molecule has 0 N–H and O–H groups in total. The summed E-state index contributed by atoms with van der Waals surface area (Å²) in [5.41, 5.74) is 54.2. The van der Waals surface area contributed by atoms with Gasteiger partial charge in [-0.1, -0.05) is 206 Å². The second-order valence-electron chi connectivity index (χ2n) is 40.4. The number of hydrogen-bond acceptors (Lipinski definition) is 8. The smallest absolute Gasteiger partial charge is 0.235 e. The Kier molecular flexibility index (Phi) is 17.7. The quantitative estimate of drug-likeness (QED) is 0.163. The van der Waals surface area contributed by atoms with Crippen molar-refractivity contribution in [3.8, 4) is 45.0 Å². The summed E-state index contributed by atoms with van der Waals surface area (Å²) in [6.45, 7) is 13.1. The minimum Gasteiger partial charge on any atom is -0.437 e. The highest BCUT2D eigenvalue weighted by molar-refractivity contribution is 7.09. The number of furan rings is 2. The van der Waals surface area contributed by atoms with Gasteiger partial charge in [-0.2, -0.15) is 31.8 Å². The van der Waals surface area contributed by atoms with Crippen LogP contribution in [0.5, 0.6) is 0 Å². The van der Waals surface area contributed by atoms with Gasteiger partial charge in [0.25, 0.3) is 0 Å². The number of aromatic nitrogens is 8. The summed E-state index contributed by atoms with van der Waals surface area (Å²) in [7, 11) is 8.81. The van der Waals surface area contributed by atoms with E-state index < -0.39 is 0 Å². The summed E-state index contributed by atoms with van der Waals surface area (Å²) in [6.07, 6.45) is 22.1. The molecular formula is C128H96N8O2S2+4. The molecule has 14 aliphatic rings. The van der Waals surface area contributed by atoms with E-state index in [1.165, 1.54) is 210 Å². The zero-order chi connectivity index (χ0) is 93.4. The van der Waals surface area contributed by atoms with Gasteiger partial charge >= 0.3 is 0 Å². The lowest BCUT2D eigenvalue weighted by Gasteiger charge is -2.42. The molecular weight excluding hydrogens is 1750 g/mol. The van der Waals surface area contributed by atoms with E-state index in [0.717, 1.165) is 90.6 Å². The van der Waals surface area contributed by atoms with Crippen molar-refractivity contribution in [2.75, 3.05) is 0 Å². The topological polar surface area (TPSA) is 93.4 Å². The Morgan fingerprint density at radius 3 is 1.17 bits per heavy atom. The Balaban J connectivity index is 0.0000000900. The van der Waals surface area contributed by atoms with Crippen molar-refractivity contribution in [1.82, 2.24) is 19.9 Å². The number of rotatable bonds is 4.